The molecule has 6 N–H and O–H groups in total. The van der Waals surface area contributed by atoms with Crippen molar-refractivity contribution in [2.75, 3.05) is 5.32 Å². The van der Waals surface area contributed by atoms with E-state index in [-0.39, 0.29) is 12.2 Å². The molecule has 234 valence electrons. The summed E-state index contributed by atoms with van der Waals surface area (Å²) in [5.74, 6) is -3.24. The number of aromatic amines is 1. The summed E-state index contributed by atoms with van der Waals surface area (Å²) in [5.41, 5.74) is 1.34. The average molecular weight is 624 g/mol. The summed E-state index contributed by atoms with van der Waals surface area (Å²) in [7, 11) is 0. The number of tetrazole rings is 1. The van der Waals surface area contributed by atoms with E-state index in [1.54, 1.807) is 79.7 Å². The number of carbonyl (C=O) groups excluding carboxylic acids is 3. The van der Waals surface area contributed by atoms with Crippen molar-refractivity contribution in [1.29, 1.82) is 0 Å². The van der Waals surface area contributed by atoms with Gasteiger partial charge in [-0.25, -0.2) is 0 Å². The molecule has 0 unspecified atom stereocenters. The topological polar surface area (TPSA) is 212 Å². The number of hydrogen-bond donors (Lipinski definition) is 6. The fourth-order valence-corrected chi connectivity index (χ4v) is 4.67. The van der Waals surface area contributed by atoms with Crippen molar-refractivity contribution in [3.05, 3.63) is 124 Å². The van der Waals surface area contributed by atoms with Gasteiger partial charge in [0.1, 0.15) is 5.75 Å². The Morgan fingerprint density at radius 2 is 1.59 bits per heavy atom. The molecule has 14 nitrogen and oxygen atoms in total. The molecule has 0 aliphatic heterocycles. The quantitative estimate of drug-likeness (QED) is 0.126. The largest absolute Gasteiger partial charge is 0.508 e. The molecule has 0 saturated heterocycles. The summed E-state index contributed by atoms with van der Waals surface area (Å²) in [4.78, 5) is 52.0. The summed E-state index contributed by atoms with van der Waals surface area (Å²) >= 11 is 0. The first-order valence-corrected chi connectivity index (χ1v) is 14.1. The average Bonchev–Trinajstić information content (AvgIpc) is 3.60. The number of H-pyrrole nitrogens is 1. The highest BCUT2D eigenvalue weighted by molar-refractivity contribution is 5.97. The lowest BCUT2D eigenvalue weighted by molar-refractivity contribution is -0.125. The summed E-state index contributed by atoms with van der Waals surface area (Å²) in [5, 5.41) is 42.7. The van der Waals surface area contributed by atoms with E-state index in [9.17, 15) is 29.4 Å². The predicted molar refractivity (Wildman–Crippen MR) is 165 cm³/mol. The monoisotopic (exact) mass is 623 g/mol. The van der Waals surface area contributed by atoms with Crippen molar-refractivity contribution in [2.45, 2.75) is 31.5 Å². The Morgan fingerprint density at radius 1 is 0.891 bits per heavy atom. The zero-order valence-electron chi connectivity index (χ0n) is 24.4. The number of aliphatic hydroxyl groups is 1. The number of nitrogens with zero attached hydrogens (tertiary/aromatic N) is 3. The van der Waals surface area contributed by atoms with Crippen LogP contribution in [-0.2, 0) is 11.2 Å². The van der Waals surface area contributed by atoms with E-state index in [2.05, 4.69) is 36.6 Å². The molecule has 3 aromatic carbocycles. The van der Waals surface area contributed by atoms with Crippen LogP contribution in [0.3, 0.4) is 0 Å². The SMILES string of the molecule is C[C@@H](NC(=O)c1cc(=O)cc(C(=O)N[C@@H](Cc2ccccc2)[C@H](O)C(=O)Nc2cccc(-c3nn[nH]n3)c2)o1)c1ccccc1O. The molecule has 0 aliphatic rings. The van der Waals surface area contributed by atoms with Crippen molar-refractivity contribution in [3.8, 4) is 17.1 Å². The molecular formula is C32H29N7O7. The number of carbonyl (C=O) groups is 3. The Hall–Kier alpha value is -6.15. The molecule has 46 heavy (non-hydrogen) atoms. The molecule has 0 fully saturated rings. The molecule has 0 spiro atoms. The van der Waals surface area contributed by atoms with E-state index >= 15 is 0 Å². The van der Waals surface area contributed by atoms with Gasteiger partial charge in [0.25, 0.3) is 17.7 Å². The Bertz CT molecular complexity index is 1890. The van der Waals surface area contributed by atoms with Gasteiger partial charge in [0.15, 0.2) is 23.1 Å². The molecule has 0 bridgehead atoms. The van der Waals surface area contributed by atoms with E-state index in [1.165, 1.54) is 6.07 Å². The number of anilines is 1. The highest BCUT2D eigenvalue weighted by atomic mass is 16.4. The smallest absolute Gasteiger partial charge is 0.287 e. The van der Waals surface area contributed by atoms with Crippen LogP contribution in [0.5, 0.6) is 5.75 Å². The lowest BCUT2D eigenvalue weighted by atomic mass is 10.00. The van der Waals surface area contributed by atoms with Crippen LogP contribution >= 0.6 is 0 Å². The maximum atomic E-state index is 13.3. The highest BCUT2D eigenvalue weighted by Crippen LogP contribution is 2.23. The third kappa shape index (κ3) is 7.67. The number of hydrogen-bond acceptors (Lipinski definition) is 10. The minimum atomic E-state index is -1.75. The van der Waals surface area contributed by atoms with E-state index < -0.39 is 52.9 Å². The van der Waals surface area contributed by atoms with Crippen molar-refractivity contribution in [2.24, 2.45) is 0 Å². The molecule has 3 atom stereocenters. The standard InChI is InChI=1S/C32H29N7O7/c1-18(23-12-5-6-13-25(23)41)33-30(43)26-16-22(40)17-27(46-26)31(44)35-24(14-19-8-3-2-4-9-19)28(42)32(45)34-21-11-7-10-20(15-21)29-36-38-39-37-29/h2-13,15-18,24,28,41-42H,14H2,1H3,(H,33,43)(H,34,45)(H,35,44)(H,36,37,38,39)/t18-,24+,28+/m1/s1. The third-order valence-electron chi connectivity index (χ3n) is 6.96. The van der Waals surface area contributed by atoms with Crippen LogP contribution in [0.25, 0.3) is 11.4 Å². The minimum absolute atomic E-state index is 0.0309. The molecule has 3 amide bonds. The molecule has 0 saturated carbocycles. The minimum Gasteiger partial charge on any atom is -0.508 e. The molecule has 14 heteroatoms. The van der Waals surface area contributed by atoms with Crippen LogP contribution in [0.2, 0.25) is 0 Å². The third-order valence-corrected chi connectivity index (χ3v) is 6.96. The molecule has 2 heterocycles. The van der Waals surface area contributed by atoms with Gasteiger partial charge >= 0.3 is 0 Å². The molecule has 2 aromatic heterocycles. The van der Waals surface area contributed by atoms with Gasteiger partial charge in [-0.1, -0.05) is 60.7 Å². The first-order valence-electron chi connectivity index (χ1n) is 14.1. The molecular weight excluding hydrogens is 594 g/mol. The van der Waals surface area contributed by atoms with Crippen molar-refractivity contribution in [1.82, 2.24) is 31.3 Å². The fourth-order valence-electron chi connectivity index (χ4n) is 4.67. The summed E-state index contributed by atoms with van der Waals surface area (Å²) in [6, 6.07) is 21.8. The zero-order chi connectivity index (χ0) is 32.6. The van der Waals surface area contributed by atoms with Crippen LogP contribution in [0.15, 0.2) is 100 Å². The highest BCUT2D eigenvalue weighted by Gasteiger charge is 2.30. The van der Waals surface area contributed by atoms with Gasteiger partial charge in [-0.2, -0.15) is 5.21 Å². The number of amides is 3. The number of para-hydroxylation sites is 1. The van der Waals surface area contributed by atoms with Crippen molar-refractivity contribution >= 4 is 23.4 Å². The van der Waals surface area contributed by atoms with Crippen LogP contribution < -0.4 is 21.4 Å². The maximum Gasteiger partial charge on any atom is 0.287 e. The van der Waals surface area contributed by atoms with Gasteiger partial charge < -0.3 is 30.6 Å². The first kappa shape index (κ1) is 31.3. The fraction of sp³-hybridized carbons (Fsp3) is 0.156. The second-order valence-electron chi connectivity index (χ2n) is 10.3. The molecule has 5 rings (SSSR count). The summed E-state index contributed by atoms with van der Waals surface area (Å²) < 4.78 is 5.50. The molecule has 0 aliphatic carbocycles. The van der Waals surface area contributed by atoms with Gasteiger partial charge in [0.2, 0.25) is 5.82 Å². The number of benzene rings is 3. The zero-order valence-corrected chi connectivity index (χ0v) is 24.4. The summed E-state index contributed by atoms with van der Waals surface area (Å²) in [6.45, 7) is 1.63. The Kier molecular flexibility index (Phi) is 9.58. The number of phenols is 1. The van der Waals surface area contributed by atoms with Gasteiger partial charge in [0, 0.05) is 28.9 Å². The number of rotatable bonds is 11. The van der Waals surface area contributed by atoms with Crippen molar-refractivity contribution in [3.63, 3.8) is 0 Å². The van der Waals surface area contributed by atoms with E-state index in [0.29, 0.717) is 28.2 Å². The van der Waals surface area contributed by atoms with Crippen LogP contribution in [0.4, 0.5) is 5.69 Å². The van der Waals surface area contributed by atoms with Crippen LogP contribution in [0.1, 0.15) is 45.2 Å². The number of aromatic hydroxyl groups is 1. The van der Waals surface area contributed by atoms with Crippen LogP contribution in [0, 0.1) is 0 Å². The number of aliphatic hydroxyl groups excluding tert-OH is 1. The molecule has 0 radical (unpaired) electrons. The van der Waals surface area contributed by atoms with Gasteiger partial charge in [-0.3, -0.25) is 19.2 Å². The Balaban J connectivity index is 1.34. The van der Waals surface area contributed by atoms with Gasteiger partial charge in [-0.15, -0.1) is 10.2 Å². The Labute approximate surface area is 261 Å². The number of aromatic nitrogens is 4. The lowest BCUT2D eigenvalue weighted by Crippen LogP contribution is -2.50. The number of nitrogens with one attached hydrogen (secondary N) is 4. The summed E-state index contributed by atoms with van der Waals surface area (Å²) in [6.07, 6.45) is -1.72. The van der Waals surface area contributed by atoms with Crippen molar-refractivity contribution < 1.29 is 29.0 Å². The van der Waals surface area contributed by atoms with E-state index in [0.717, 1.165) is 12.1 Å². The van der Waals surface area contributed by atoms with Gasteiger partial charge in [0.05, 0.1) is 12.1 Å². The number of phenolic OH excluding ortho intramolecular Hbond substituents is 1. The molecule has 5 aromatic rings. The maximum absolute atomic E-state index is 13.3. The van der Waals surface area contributed by atoms with E-state index in [4.69, 9.17) is 4.42 Å². The van der Waals surface area contributed by atoms with Crippen LogP contribution in [-0.4, -0.2) is 60.7 Å². The lowest BCUT2D eigenvalue weighted by Gasteiger charge is -2.24. The van der Waals surface area contributed by atoms with Gasteiger partial charge in [-0.05, 0) is 42.3 Å². The first-order chi connectivity index (χ1) is 22.2. The Morgan fingerprint density at radius 3 is 2.28 bits per heavy atom. The van der Waals surface area contributed by atoms with E-state index in [1.807, 2.05) is 0 Å². The second-order valence-corrected chi connectivity index (χ2v) is 10.3. The predicted octanol–water partition coefficient (Wildman–Crippen LogP) is 2.36. The second kappa shape index (κ2) is 14.1. The normalized spacial score (nSPS) is 12.8.